The van der Waals surface area contributed by atoms with E-state index in [4.69, 9.17) is 0 Å². The summed E-state index contributed by atoms with van der Waals surface area (Å²) in [6, 6.07) is 12.5. The Labute approximate surface area is 84.2 Å². The van der Waals surface area contributed by atoms with Crippen LogP contribution >= 0.6 is 0 Å². The molecule has 14 heavy (non-hydrogen) atoms. The van der Waals surface area contributed by atoms with Crippen LogP contribution in [0.4, 0.5) is 0 Å². The highest BCUT2D eigenvalue weighted by atomic mass is 15.3. The standard InChI is InChI=1S/C12H14N2/c1-2-12-8-9-13-14(12)10-11-6-4-3-5-7-11/h3-9H,2,10H2,1H3. The summed E-state index contributed by atoms with van der Waals surface area (Å²) in [4.78, 5) is 0. The Morgan fingerprint density at radius 2 is 1.93 bits per heavy atom. The summed E-state index contributed by atoms with van der Waals surface area (Å²) < 4.78 is 2.05. The van der Waals surface area contributed by atoms with Gasteiger partial charge in [-0.3, -0.25) is 4.68 Å². The van der Waals surface area contributed by atoms with Gasteiger partial charge in [-0.1, -0.05) is 37.3 Å². The Kier molecular flexibility index (Phi) is 2.63. The van der Waals surface area contributed by atoms with Crippen molar-refractivity contribution in [1.82, 2.24) is 9.78 Å². The smallest absolute Gasteiger partial charge is 0.0662 e. The molecule has 0 atom stereocenters. The van der Waals surface area contributed by atoms with Crippen molar-refractivity contribution >= 4 is 0 Å². The number of hydrogen-bond donors (Lipinski definition) is 0. The number of hydrogen-bond acceptors (Lipinski definition) is 1. The number of benzene rings is 1. The van der Waals surface area contributed by atoms with Gasteiger partial charge in [0.15, 0.2) is 0 Å². The molecule has 0 fully saturated rings. The first-order chi connectivity index (χ1) is 6.90. The first-order valence-electron chi connectivity index (χ1n) is 4.94. The molecule has 0 amide bonds. The van der Waals surface area contributed by atoms with Crippen LogP contribution < -0.4 is 0 Å². The van der Waals surface area contributed by atoms with E-state index in [2.05, 4.69) is 47.0 Å². The normalized spacial score (nSPS) is 10.4. The average Bonchev–Trinajstić information content (AvgIpc) is 2.67. The van der Waals surface area contributed by atoms with Crippen LogP contribution in [0.5, 0.6) is 0 Å². The third kappa shape index (κ3) is 1.84. The molecule has 1 heterocycles. The molecule has 2 rings (SSSR count). The third-order valence-electron chi connectivity index (χ3n) is 2.34. The van der Waals surface area contributed by atoms with Gasteiger partial charge >= 0.3 is 0 Å². The number of nitrogens with zero attached hydrogens (tertiary/aromatic N) is 2. The van der Waals surface area contributed by atoms with Crippen LogP contribution in [0.3, 0.4) is 0 Å². The average molecular weight is 186 g/mol. The van der Waals surface area contributed by atoms with E-state index in [0.29, 0.717) is 0 Å². The van der Waals surface area contributed by atoms with Crippen LogP contribution in [0.25, 0.3) is 0 Å². The van der Waals surface area contributed by atoms with E-state index >= 15 is 0 Å². The van der Waals surface area contributed by atoms with Gasteiger partial charge in [0, 0.05) is 11.9 Å². The molecule has 0 saturated carbocycles. The summed E-state index contributed by atoms with van der Waals surface area (Å²) in [5, 5.41) is 4.30. The van der Waals surface area contributed by atoms with Gasteiger partial charge in [0.25, 0.3) is 0 Å². The van der Waals surface area contributed by atoms with Gasteiger partial charge in [-0.2, -0.15) is 5.10 Å². The Balaban J connectivity index is 2.19. The fourth-order valence-corrected chi connectivity index (χ4v) is 1.56. The summed E-state index contributed by atoms with van der Waals surface area (Å²) in [6.45, 7) is 3.02. The van der Waals surface area contributed by atoms with E-state index in [0.717, 1.165) is 13.0 Å². The van der Waals surface area contributed by atoms with Crippen molar-refractivity contribution in [3.05, 3.63) is 53.9 Å². The second-order valence-corrected chi connectivity index (χ2v) is 3.32. The van der Waals surface area contributed by atoms with Gasteiger partial charge in [0.05, 0.1) is 6.54 Å². The molecule has 0 aliphatic carbocycles. The molecule has 0 N–H and O–H groups in total. The molecule has 0 unspecified atom stereocenters. The van der Waals surface area contributed by atoms with Gasteiger partial charge in [-0.25, -0.2) is 0 Å². The Morgan fingerprint density at radius 3 is 2.64 bits per heavy atom. The quantitative estimate of drug-likeness (QED) is 0.720. The molecule has 0 aliphatic rings. The molecular formula is C12H14N2. The zero-order valence-corrected chi connectivity index (χ0v) is 8.35. The largest absolute Gasteiger partial charge is 0.265 e. The highest BCUT2D eigenvalue weighted by Gasteiger charge is 1.99. The molecule has 0 saturated heterocycles. The highest BCUT2D eigenvalue weighted by molar-refractivity contribution is 5.15. The van der Waals surface area contributed by atoms with Gasteiger partial charge in [0.1, 0.15) is 0 Å². The zero-order chi connectivity index (χ0) is 9.80. The van der Waals surface area contributed by atoms with Crippen molar-refractivity contribution in [3.63, 3.8) is 0 Å². The van der Waals surface area contributed by atoms with E-state index in [1.54, 1.807) is 0 Å². The van der Waals surface area contributed by atoms with Crippen LogP contribution in [-0.4, -0.2) is 9.78 Å². The van der Waals surface area contributed by atoms with Gasteiger partial charge in [0.2, 0.25) is 0 Å². The number of aryl methyl sites for hydroxylation is 1. The van der Waals surface area contributed by atoms with E-state index < -0.39 is 0 Å². The summed E-state index contributed by atoms with van der Waals surface area (Å²) in [5.41, 5.74) is 2.58. The third-order valence-corrected chi connectivity index (χ3v) is 2.34. The minimum absolute atomic E-state index is 0.872. The lowest BCUT2D eigenvalue weighted by Crippen LogP contribution is -2.05. The van der Waals surface area contributed by atoms with Crippen LogP contribution in [0, 0.1) is 0 Å². The lowest BCUT2D eigenvalue weighted by atomic mass is 10.2. The second kappa shape index (κ2) is 4.09. The minimum Gasteiger partial charge on any atom is -0.265 e. The molecule has 2 heteroatoms. The lowest BCUT2D eigenvalue weighted by Gasteiger charge is -2.05. The first-order valence-corrected chi connectivity index (χ1v) is 4.94. The van der Waals surface area contributed by atoms with E-state index in [1.165, 1.54) is 11.3 Å². The molecule has 0 bridgehead atoms. The summed E-state index contributed by atoms with van der Waals surface area (Å²) in [7, 11) is 0. The predicted molar refractivity (Wildman–Crippen MR) is 57.1 cm³/mol. The SMILES string of the molecule is CCc1ccnn1Cc1ccccc1. The van der Waals surface area contributed by atoms with Crippen LogP contribution in [0.2, 0.25) is 0 Å². The second-order valence-electron chi connectivity index (χ2n) is 3.32. The first kappa shape index (κ1) is 9.00. The van der Waals surface area contributed by atoms with Crippen molar-refractivity contribution in [2.45, 2.75) is 19.9 Å². The molecule has 72 valence electrons. The van der Waals surface area contributed by atoms with Crippen molar-refractivity contribution in [2.24, 2.45) is 0 Å². The van der Waals surface area contributed by atoms with Crippen molar-refractivity contribution < 1.29 is 0 Å². The zero-order valence-electron chi connectivity index (χ0n) is 8.35. The minimum atomic E-state index is 0.872. The van der Waals surface area contributed by atoms with E-state index in [9.17, 15) is 0 Å². The van der Waals surface area contributed by atoms with Gasteiger partial charge in [-0.05, 0) is 18.1 Å². The Hall–Kier alpha value is -1.57. The molecule has 2 aromatic rings. The number of rotatable bonds is 3. The maximum absolute atomic E-state index is 4.30. The Bertz CT molecular complexity index is 390. The maximum atomic E-state index is 4.30. The van der Waals surface area contributed by atoms with Crippen LogP contribution in [0.15, 0.2) is 42.6 Å². The van der Waals surface area contributed by atoms with Crippen molar-refractivity contribution in [2.75, 3.05) is 0 Å². The van der Waals surface area contributed by atoms with Gasteiger partial charge in [-0.15, -0.1) is 0 Å². The molecular weight excluding hydrogens is 172 g/mol. The summed E-state index contributed by atoms with van der Waals surface area (Å²) in [6.07, 6.45) is 2.90. The van der Waals surface area contributed by atoms with Crippen LogP contribution in [0.1, 0.15) is 18.2 Å². The van der Waals surface area contributed by atoms with E-state index in [1.807, 2.05) is 12.3 Å². The highest BCUT2D eigenvalue weighted by Crippen LogP contribution is 2.05. The van der Waals surface area contributed by atoms with Gasteiger partial charge < -0.3 is 0 Å². The Morgan fingerprint density at radius 1 is 1.14 bits per heavy atom. The maximum Gasteiger partial charge on any atom is 0.0662 e. The summed E-state index contributed by atoms with van der Waals surface area (Å²) >= 11 is 0. The molecule has 2 nitrogen and oxygen atoms in total. The van der Waals surface area contributed by atoms with E-state index in [-0.39, 0.29) is 0 Å². The monoisotopic (exact) mass is 186 g/mol. The molecule has 0 aliphatic heterocycles. The predicted octanol–water partition coefficient (Wildman–Crippen LogP) is 2.49. The number of aromatic nitrogens is 2. The molecule has 1 aromatic heterocycles. The van der Waals surface area contributed by atoms with Crippen molar-refractivity contribution in [1.29, 1.82) is 0 Å². The topological polar surface area (TPSA) is 17.8 Å². The molecule has 0 radical (unpaired) electrons. The summed E-state index contributed by atoms with van der Waals surface area (Å²) in [5.74, 6) is 0. The fourth-order valence-electron chi connectivity index (χ4n) is 1.56. The van der Waals surface area contributed by atoms with Crippen molar-refractivity contribution in [3.8, 4) is 0 Å². The lowest BCUT2D eigenvalue weighted by molar-refractivity contribution is 0.650. The molecule has 0 spiro atoms. The van der Waals surface area contributed by atoms with Crippen LogP contribution in [-0.2, 0) is 13.0 Å². The fraction of sp³-hybridized carbons (Fsp3) is 0.250. The molecule has 1 aromatic carbocycles.